The normalized spacial score (nSPS) is 25.1. The van der Waals surface area contributed by atoms with Crippen LogP contribution in [0.5, 0.6) is 11.5 Å². The van der Waals surface area contributed by atoms with Crippen LogP contribution in [0, 0.1) is 11.8 Å². The van der Waals surface area contributed by atoms with Gasteiger partial charge in [-0.05, 0) is 24.5 Å². The van der Waals surface area contributed by atoms with Crippen molar-refractivity contribution < 1.29 is 27.8 Å². The summed E-state index contributed by atoms with van der Waals surface area (Å²) in [5.74, 6) is -0.718. The Bertz CT molecular complexity index is 717. The zero-order chi connectivity index (χ0) is 16.6. The third-order valence-corrected chi connectivity index (χ3v) is 5.95. The maximum atomic E-state index is 12.8. The molecule has 0 aromatic heterocycles. The summed E-state index contributed by atoms with van der Waals surface area (Å²) in [5.41, 5.74) is 0. The number of nitrogens with zero attached hydrogens (tertiary/aromatic N) is 1. The molecule has 2 aliphatic rings. The highest BCUT2D eigenvalue weighted by molar-refractivity contribution is 7.89. The van der Waals surface area contributed by atoms with Crippen molar-refractivity contribution in [2.45, 2.75) is 18.2 Å². The van der Waals surface area contributed by atoms with Crippen LogP contribution in [0.4, 0.5) is 0 Å². The van der Waals surface area contributed by atoms with Crippen LogP contribution >= 0.6 is 0 Å². The van der Waals surface area contributed by atoms with Crippen molar-refractivity contribution in [3.8, 4) is 11.5 Å². The lowest BCUT2D eigenvalue weighted by Gasteiger charge is -2.33. The van der Waals surface area contributed by atoms with Gasteiger partial charge in [-0.3, -0.25) is 4.79 Å². The molecular weight excluding hydrogens is 322 g/mol. The van der Waals surface area contributed by atoms with E-state index in [-0.39, 0.29) is 17.4 Å². The fraction of sp³-hybridized carbons (Fsp3) is 0.533. The number of sulfonamides is 1. The molecule has 3 rings (SSSR count). The third-order valence-electron chi connectivity index (χ3n) is 4.13. The second-order valence-corrected chi connectivity index (χ2v) is 7.94. The number of aliphatic carboxylic acids is 1. The minimum Gasteiger partial charge on any atom is -0.486 e. The summed E-state index contributed by atoms with van der Waals surface area (Å²) in [6.07, 6.45) is 0.489. The Balaban J connectivity index is 1.90. The Morgan fingerprint density at radius 3 is 2.61 bits per heavy atom. The number of rotatable bonds is 3. The molecule has 126 valence electrons. The lowest BCUT2D eigenvalue weighted by Crippen LogP contribution is -2.45. The molecule has 1 aromatic rings. The largest absolute Gasteiger partial charge is 0.486 e. The molecule has 8 heteroatoms. The van der Waals surface area contributed by atoms with Crippen molar-refractivity contribution in [3.63, 3.8) is 0 Å². The first-order valence-corrected chi connectivity index (χ1v) is 8.94. The molecule has 0 amide bonds. The van der Waals surface area contributed by atoms with Crippen LogP contribution in [0.1, 0.15) is 13.3 Å². The minimum absolute atomic E-state index is 0.00293. The van der Waals surface area contributed by atoms with Gasteiger partial charge in [-0.15, -0.1) is 0 Å². The second-order valence-electron chi connectivity index (χ2n) is 6.00. The van der Waals surface area contributed by atoms with Crippen LogP contribution in [0.2, 0.25) is 0 Å². The molecule has 1 fully saturated rings. The molecule has 2 aliphatic heterocycles. The monoisotopic (exact) mass is 341 g/mol. The van der Waals surface area contributed by atoms with E-state index in [9.17, 15) is 18.3 Å². The highest BCUT2D eigenvalue weighted by Gasteiger charge is 2.36. The molecule has 2 heterocycles. The van der Waals surface area contributed by atoms with Gasteiger partial charge in [0, 0.05) is 19.2 Å². The zero-order valence-corrected chi connectivity index (χ0v) is 13.6. The predicted molar refractivity (Wildman–Crippen MR) is 81.1 cm³/mol. The highest BCUT2D eigenvalue weighted by atomic mass is 32.2. The average Bonchev–Trinajstić information content (AvgIpc) is 2.53. The average molecular weight is 341 g/mol. The van der Waals surface area contributed by atoms with Crippen molar-refractivity contribution in [2.24, 2.45) is 11.8 Å². The van der Waals surface area contributed by atoms with Gasteiger partial charge in [0.25, 0.3) is 0 Å². The van der Waals surface area contributed by atoms with Gasteiger partial charge in [-0.2, -0.15) is 4.31 Å². The predicted octanol–water partition coefficient (Wildman–Crippen LogP) is 1.19. The molecule has 0 aliphatic carbocycles. The van der Waals surface area contributed by atoms with Crippen molar-refractivity contribution in [1.29, 1.82) is 0 Å². The number of piperidine rings is 1. The van der Waals surface area contributed by atoms with Crippen LogP contribution in [0.15, 0.2) is 23.1 Å². The molecule has 2 atom stereocenters. The first-order valence-electron chi connectivity index (χ1n) is 7.50. The number of benzene rings is 1. The quantitative estimate of drug-likeness (QED) is 0.888. The summed E-state index contributed by atoms with van der Waals surface area (Å²) in [7, 11) is -3.76. The van der Waals surface area contributed by atoms with Gasteiger partial charge in [-0.25, -0.2) is 8.42 Å². The van der Waals surface area contributed by atoms with Gasteiger partial charge in [-0.1, -0.05) is 6.92 Å². The molecule has 1 aromatic carbocycles. The Morgan fingerprint density at radius 2 is 1.91 bits per heavy atom. The van der Waals surface area contributed by atoms with Crippen LogP contribution in [-0.2, 0) is 14.8 Å². The number of carboxylic acids is 1. The van der Waals surface area contributed by atoms with E-state index in [0.717, 1.165) is 0 Å². The van der Waals surface area contributed by atoms with Gasteiger partial charge in [0.15, 0.2) is 11.5 Å². The number of hydrogen-bond acceptors (Lipinski definition) is 5. The molecular formula is C15H19NO6S. The third kappa shape index (κ3) is 3.13. The first kappa shape index (κ1) is 16.1. The zero-order valence-electron chi connectivity index (χ0n) is 12.8. The van der Waals surface area contributed by atoms with Crippen LogP contribution in [-0.4, -0.2) is 50.1 Å². The minimum atomic E-state index is -3.76. The lowest BCUT2D eigenvalue weighted by atomic mass is 9.92. The maximum absolute atomic E-state index is 12.8. The van der Waals surface area contributed by atoms with Crippen LogP contribution < -0.4 is 9.47 Å². The molecule has 0 bridgehead atoms. The summed E-state index contributed by atoms with van der Waals surface area (Å²) in [6, 6.07) is 4.49. The number of ether oxygens (including phenoxy) is 2. The maximum Gasteiger partial charge on any atom is 0.307 e. The standard InChI is InChI=1S/C15H19NO6S/c1-10-6-11(15(17)18)9-16(8-10)23(19,20)12-2-3-13-14(7-12)22-5-4-21-13/h2-3,7,10-11H,4-6,8-9H2,1H3,(H,17,18). The number of carbonyl (C=O) groups is 1. The van der Waals surface area contributed by atoms with Crippen molar-refractivity contribution >= 4 is 16.0 Å². The topological polar surface area (TPSA) is 93.1 Å². The highest BCUT2D eigenvalue weighted by Crippen LogP contribution is 2.34. The lowest BCUT2D eigenvalue weighted by molar-refractivity contribution is -0.143. The Morgan fingerprint density at radius 1 is 1.22 bits per heavy atom. The van der Waals surface area contributed by atoms with Gasteiger partial charge >= 0.3 is 5.97 Å². The number of hydrogen-bond donors (Lipinski definition) is 1. The Hall–Kier alpha value is -1.80. The first-order chi connectivity index (χ1) is 10.9. The molecule has 23 heavy (non-hydrogen) atoms. The fourth-order valence-corrected chi connectivity index (χ4v) is 4.63. The van der Waals surface area contributed by atoms with Crippen molar-refractivity contribution in [2.75, 3.05) is 26.3 Å². The molecule has 7 nitrogen and oxygen atoms in total. The van der Waals surface area contributed by atoms with E-state index in [1.54, 1.807) is 6.07 Å². The molecule has 2 unspecified atom stereocenters. The van der Waals surface area contributed by atoms with Gasteiger partial charge in [0.1, 0.15) is 13.2 Å². The molecule has 0 spiro atoms. The summed E-state index contributed by atoms with van der Waals surface area (Å²) in [5, 5.41) is 9.21. The van der Waals surface area contributed by atoms with Crippen LogP contribution in [0.25, 0.3) is 0 Å². The summed E-state index contributed by atoms with van der Waals surface area (Å²) in [6.45, 7) is 2.99. The van der Waals surface area contributed by atoms with Crippen LogP contribution in [0.3, 0.4) is 0 Å². The SMILES string of the molecule is CC1CC(C(=O)O)CN(S(=O)(=O)c2ccc3c(c2)OCCO3)C1. The van der Waals surface area contributed by atoms with E-state index >= 15 is 0 Å². The molecule has 0 radical (unpaired) electrons. The summed E-state index contributed by atoms with van der Waals surface area (Å²) < 4.78 is 37.7. The van der Waals surface area contributed by atoms with Gasteiger partial charge in [0.05, 0.1) is 10.8 Å². The van der Waals surface area contributed by atoms with E-state index in [1.165, 1.54) is 16.4 Å². The number of fused-ring (bicyclic) bond motifs is 1. The van der Waals surface area contributed by atoms with E-state index < -0.39 is 21.9 Å². The number of carboxylic acid groups (broad SMARTS) is 1. The second kappa shape index (κ2) is 6.01. The van der Waals surface area contributed by atoms with E-state index in [2.05, 4.69) is 0 Å². The molecule has 0 saturated carbocycles. The fourth-order valence-electron chi connectivity index (χ4n) is 3.01. The van der Waals surface area contributed by atoms with Crippen molar-refractivity contribution in [3.05, 3.63) is 18.2 Å². The van der Waals surface area contributed by atoms with E-state index in [0.29, 0.717) is 37.7 Å². The smallest absolute Gasteiger partial charge is 0.307 e. The van der Waals surface area contributed by atoms with Crippen molar-refractivity contribution in [1.82, 2.24) is 4.31 Å². The molecule has 1 N–H and O–H groups in total. The Kier molecular flexibility index (Phi) is 4.20. The van der Waals surface area contributed by atoms with Gasteiger partial charge < -0.3 is 14.6 Å². The Labute approximate surface area is 134 Å². The summed E-state index contributed by atoms with van der Waals surface area (Å²) in [4.78, 5) is 11.3. The summed E-state index contributed by atoms with van der Waals surface area (Å²) >= 11 is 0. The van der Waals surface area contributed by atoms with Gasteiger partial charge in [0.2, 0.25) is 10.0 Å². The van der Waals surface area contributed by atoms with E-state index in [1.807, 2.05) is 6.92 Å². The molecule has 1 saturated heterocycles. The van der Waals surface area contributed by atoms with E-state index in [4.69, 9.17) is 9.47 Å².